The number of hydrogen-bond acceptors (Lipinski definition) is 4. The van der Waals surface area contributed by atoms with Crippen LogP contribution in [0.25, 0.3) is 0 Å². The molecule has 23 heavy (non-hydrogen) atoms. The lowest BCUT2D eigenvalue weighted by atomic mass is 9.96. The van der Waals surface area contributed by atoms with Crippen molar-refractivity contribution in [2.24, 2.45) is 11.7 Å². The third kappa shape index (κ3) is 5.05. The Labute approximate surface area is 146 Å². The van der Waals surface area contributed by atoms with Gasteiger partial charge in [0.25, 0.3) is 0 Å². The molecule has 1 atom stereocenters. The summed E-state index contributed by atoms with van der Waals surface area (Å²) >= 11 is 0. The van der Waals surface area contributed by atoms with E-state index in [1.165, 1.54) is 0 Å². The standard InChI is InChI=1S/C15H29N3O3S.ClH/c1-2-3-11-22(20,21)17-9-6-13(7-10-17)15(19)18-8-4-5-14(18)12-16;/h13-14H,2-12,16H2,1H3;1H. The number of rotatable bonds is 6. The molecule has 0 aromatic carbocycles. The maximum absolute atomic E-state index is 12.6. The van der Waals surface area contributed by atoms with E-state index in [1.54, 1.807) is 4.31 Å². The number of unbranched alkanes of at least 4 members (excludes halogenated alkanes) is 1. The highest BCUT2D eigenvalue weighted by molar-refractivity contribution is 7.89. The van der Waals surface area contributed by atoms with Crippen molar-refractivity contribution < 1.29 is 13.2 Å². The molecule has 8 heteroatoms. The Kier molecular flexibility index (Phi) is 8.27. The molecule has 1 amide bonds. The number of sulfonamides is 1. The predicted molar refractivity (Wildman–Crippen MR) is 94.0 cm³/mol. The Morgan fingerprint density at radius 3 is 2.39 bits per heavy atom. The van der Waals surface area contributed by atoms with Crippen LogP contribution in [0.1, 0.15) is 45.4 Å². The molecule has 0 aliphatic carbocycles. The van der Waals surface area contributed by atoms with Crippen LogP contribution in [0, 0.1) is 5.92 Å². The molecule has 0 bridgehead atoms. The van der Waals surface area contributed by atoms with E-state index in [9.17, 15) is 13.2 Å². The summed E-state index contributed by atoms with van der Waals surface area (Å²) in [6.45, 7) is 4.27. The Hall–Kier alpha value is -0.370. The lowest BCUT2D eigenvalue weighted by Gasteiger charge is -2.34. The first-order valence-corrected chi connectivity index (χ1v) is 10.1. The van der Waals surface area contributed by atoms with Crippen molar-refractivity contribution in [2.75, 3.05) is 31.9 Å². The average Bonchev–Trinajstić information content (AvgIpc) is 3.01. The zero-order valence-electron chi connectivity index (χ0n) is 13.9. The van der Waals surface area contributed by atoms with Crippen LogP contribution in [0.5, 0.6) is 0 Å². The number of carbonyl (C=O) groups excluding carboxylic acids is 1. The van der Waals surface area contributed by atoms with E-state index >= 15 is 0 Å². The van der Waals surface area contributed by atoms with Crippen LogP contribution in [0.3, 0.4) is 0 Å². The summed E-state index contributed by atoms with van der Waals surface area (Å²) < 4.78 is 25.9. The third-order valence-electron chi connectivity index (χ3n) is 4.88. The first kappa shape index (κ1) is 20.7. The van der Waals surface area contributed by atoms with Crippen LogP contribution in [0.2, 0.25) is 0 Å². The smallest absolute Gasteiger partial charge is 0.226 e. The molecule has 2 aliphatic heterocycles. The lowest BCUT2D eigenvalue weighted by Crippen LogP contribution is -2.47. The van der Waals surface area contributed by atoms with Crippen LogP contribution in [0.4, 0.5) is 0 Å². The lowest BCUT2D eigenvalue weighted by molar-refractivity contribution is -0.137. The van der Waals surface area contributed by atoms with Crippen LogP contribution < -0.4 is 5.73 Å². The van der Waals surface area contributed by atoms with Gasteiger partial charge >= 0.3 is 0 Å². The normalized spacial score (nSPS) is 23.7. The number of halogens is 1. The summed E-state index contributed by atoms with van der Waals surface area (Å²) in [5, 5.41) is 0. The topological polar surface area (TPSA) is 83.7 Å². The number of nitrogens with two attached hydrogens (primary N) is 1. The van der Waals surface area contributed by atoms with Crippen molar-refractivity contribution in [1.29, 1.82) is 0 Å². The van der Waals surface area contributed by atoms with E-state index in [0.29, 0.717) is 38.9 Å². The van der Waals surface area contributed by atoms with Crippen molar-refractivity contribution in [1.82, 2.24) is 9.21 Å². The number of piperidine rings is 1. The molecule has 0 aromatic heterocycles. The van der Waals surface area contributed by atoms with Gasteiger partial charge in [0.2, 0.25) is 15.9 Å². The number of nitrogens with zero attached hydrogens (tertiary/aromatic N) is 2. The molecule has 0 saturated carbocycles. The van der Waals surface area contributed by atoms with Crippen molar-refractivity contribution in [2.45, 2.75) is 51.5 Å². The highest BCUT2D eigenvalue weighted by Crippen LogP contribution is 2.26. The van der Waals surface area contributed by atoms with E-state index in [4.69, 9.17) is 5.73 Å². The minimum atomic E-state index is -3.14. The average molecular weight is 368 g/mol. The Balaban J connectivity index is 0.00000264. The fourth-order valence-electron chi connectivity index (χ4n) is 3.44. The monoisotopic (exact) mass is 367 g/mol. The van der Waals surface area contributed by atoms with E-state index in [-0.39, 0.29) is 36.0 Å². The molecular formula is C15H30ClN3O3S. The quantitative estimate of drug-likeness (QED) is 0.764. The maximum Gasteiger partial charge on any atom is 0.226 e. The minimum Gasteiger partial charge on any atom is -0.338 e. The minimum absolute atomic E-state index is 0. The largest absolute Gasteiger partial charge is 0.338 e. The maximum atomic E-state index is 12.6. The fraction of sp³-hybridized carbons (Fsp3) is 0.933. The van der Waals surface area contributed by atoms with Crippen molar-refractivity contribution >= 4 is 28.3 Å². The van der Waals surface area contributed by atoms with Gasteiger partial charge in [0.05, 0.1) is 5.75 Å². The second-order valence-electron chi connectivity index (χ2n) is 6.41. The van der Waals surface area contributed by atoms with E-state index in [1.807, 2.05) is 11.8 Å². The van der Waals surface area contributed by atoms with Gasteiger partial charge in [-0.2, -0.15) is 0 Å². The first-order chi connectivity index (χ1) is 10.5. The molecule has 1 unspecified atom stereocenters. The Morgan fingerprint density at radius 2 is 1.83 bits per heavy atom. The second-order valence-corrected chi connectivity index (χ2v) is 8.49. The van der Waals surface area contributed by atoms with Crippen molar-refractivity contribution in [3.8, 4) is 0 Å². The highest BCUT2D eigenvalue weighted by Gasteiger charge is 2.36. The molecule has 2 fully saturated rings. The van der Waals surface area contributed by atoms with E-state index in [0.717, 1.165) is 25.8 Å². The number of hydrogen-bond donors (Lipinski definition) is 1. The van der Waals surface area contributed by atoms with E-state index < -0.39 is 10.0 Å². The van der Waals surface area contributed by atoms with Gasteiger partial charge in [-0.1, -0.05) is 13.3 Å². The molecule has 0 radical (unpaired) electrons. The predicted octanol–water partition coefficient (Wildman–Crippen LogP) is 1.20. The molecule has 2 saturated heterocycles. The number of carbonyl (C=O) groups is 1. The van der Waals surface area contributed by atoms with Gasteiger partial charge in [0.1, 0.15) is 0 Å². The molecule has 6 nitrogen and oxygen atoms in total. The van der Waals surface area contributed by atoms with Gasteiger partial charge in [0, 0.05) is 38.1 Å². The molecular weight excluding hydrogens is 338 g/mol. The number of amides is 1. The number of likely N-dealkylation sites (tertiary alicyclic amines) is 1. The molecule has 0 spiro atoms. The van der Waals surface area contributed by atoms with E-state index in [2.05, 4.69) is 0 Å². The second kappa shape index (κ2) is 9.20. The summed E-state index contributed by atoms with van der Waals surface area (Å²) in [6.07, 6.45) is 4.87. The molecule has 2 N–H and O–H groups in total. The molecule has 0 aromatic rings. The van der Waals surface area contributed by atoms with Gasteiger partial charge in [-0.25, -0.2) is 12.7 Å². The zero-order chi connectivity index (χ0) is 16.2. The third-order valence-corrected chi connectivity index (χ3v) is 6.84. The van der Waals surface area contributed by atoms with Gasteiger partial charge in [-0.3, -0.25) is 4.79 Å². The van der Waals surface area contributed by atoms with Crippen LogP contribution in [0.15, 0.2) is 0 Å². The van der Waals surface area contributed by atoms with Crippen LogP contribution in [-0.2, 0) is 14.8 Å². The summed E-state index contributed by atoms with van der Waals surface area (Å²) in [5.74, 6) is 0.368. The first-order valence-electron chi connectivity index (χ1n) is 8.48. The molecule has 2 rings (SSSR count). The van der Waals surface area contributed by atoms with Crippen molar-refractivity contribution in [3.63, 3.8) is 0 Å². The molecule has 2 heterocycles. The summed E-state index contributed by atoms with van der Waals surface area (Å²) in [7, 11) is -3.14. The highest BCUT2D eigenvalue weighted by atomic mass is 35.5. The fourth-order valence-corrected chi connectivity index (χ4v) is 5.12. The summed E-state index contributed by atoms with van der Waals surface area (Å²) in [6, 6.07) is 0.179. The Morgan fingerprint density at radius 1 is 1.17 bits per heavy atom. The zero-order valence-corrected chi connectivity index (χ0v) is 15.6. The van der Waals surface area contributed by atoms with Gasteiger partial charge in [0.15, 0.2) is 0 Å². The summed E-state index contributed by atoms with van der Waals surface area (Å²) in [4.78, 5) is 14.5. The van der Waals surface area contributed by atoms with Gasteiger partial charge in [-0.15, -0.1) is 12.4 Å². The van der Waals surface area contributed by atoms with Crippen LogP contribution in [-0.4, -0.2) is 61.5 Å². The SMILES string of the molecule is CCCCS(=O)(=O)N1CCC(C(=O)N2CCCC2CN)CC1.Cl. The molecule has 2 aliphatic rings. The van der Waals surface area contributed by atoms with Crippen LogP contribution >= 0.6 is 12.4 Å². The van der Waals surface area contributed by atoms with Gasteiger partial charge in [-0.05, 0) is 32.1 Å². The van der Waals surface area contributed by atoms with Gasteiger partial charge < -0.3 is 10.6 Å². The summed E-state index contributed by atoms with van der Waals surface area (Å²) in [5.41, 5.74) is 5.74. The van der Waals surface area contributed by atoms with Crippen molar-refractivity contribution in [3.05, 3.63) is 0 Å². The Bertz CT molecular complexity index is 478. The molecule has 136 valence electrons.